The van der Waals surface area contributed by atoms with E-state index in [-0.39, 0.29) is 11.9 Å². The van der Waals surface area contributed by atoms with Crippen molar-refractivity contribution in [1.29, 1.82) is 0 Å². The van der Waals surface area contributed by atoms with E-state index >= 15 is 0 Å². The van der Waals surface area contributed by atoms with Crippen LogP contribution in [-0.2, 0) is 4.79 Å². The van der Waals surface area contributed by atoms with E-state index < -0.39 is 6.10 Å². The lowest BCUT2D eigenvalue weighted by Crippen LogP contribution is -2.39. The smallest absolute Gasteiger partial charge is 0.261 e. The van der Waals surface area contributed by atoms with Crippen molar-refractivity contribution >= 4 is 29.1 Å². The molecule has 1 amide bonds. The Morgan fingerprint density at radius 2 is 1.63 bits per heavy atom. The summed E-state index contributed by atoms with van der Waals surface area (Å²) < 4.78 is 5.72. The van der Waals surface area contributed by atoms with E-state index in [0.29, 0.717) is 15.8 Å². The number of benzene rings is 2. The molecule has 2 unspecified atom stereocenters. The minimum absolute atomic E-state index is 0.244. The molecule has 0 aliphatic heterocycles. The van der Waals surface area contributed by atoms with E-state index in [1.54, 1.807) is 37.5 Å². The van der Waals surface area contributed by atoms with Gasteiger partial charge in [-0.25, -0.2) is 0 Å². The number of aromatic nitrogens is 1. The first kappa shape index (κ1) is 19.2. The molecule has 2 atom stereocenters. The maximum absolute atomic E-state index is 12.7. The van der Waals surface area contributed by atoms with Crippen LogP contribution >= 0.6 is 23.2 Å². The second-order valence-electron chi connectivity index (χ2n) is 5.97. The maximum atomic E-state index is 12.7. The Morgan fingerprint density at radius 3 is 2.30 bits per heavy atom. The molecule has 0 bridgehead atoms. The predicted molar refractivity (Wildman–Crippen MR) is 107 cm³/mol. The molecule has 0 saturated heterocycles. The average molecular weight is 401 g/mol. The van der Waals surface area contributed by atoms with Gasteiger partial charge in [-0.05, 0) is 42.3 Å². The molecule has 0 fully saturated rings. The Balaban J connectivity index is 1.76. The summed E-state index contributed by atoms with van der Waals surface area (Å²) in [7, 11) is 0. The van der Waals surface area contributed by atoms with Gasteiger partial charge in [-0.3, -0.25) is 9.78 Å². The number of nitrogens with zero attached hydrogens (tertiary/aromatic N) is 1. The highest BCUT2D eigenvalue weighted by Crippen LogP contribution is 2.27. The first-order valence-corrected chi connectivity index (χ1v) is 9.17. The van der Waals surface area contributed by atoms with Gasteiger partial charge in [0, 0.05) is 18.5 Å². The zero-order valence-corrected chi connectivity index (χ0v) is 16.1. The first-order chi connectivity index (χ1) is 13.0. The summed E-state index contributed by atoms with van der Waals surface area (Å²) in [4.78, 5) is 16.8. The molecule has 4 nitrogen and oxygen atoms in total. The highest BCUT2D eigenvalue weighted by atomic mass is 35.5. The van der Waals surface area contributed by atoms with Crippen molar-refractivity contribution < 1.29 is 9.53 Å². The molecule has 27 heavy (non-hydrogen) atoms. The van der Waals surface area contributed by atoms with Gasteiger partial charge in [0.05, 0.1) is 16.1 Å². The lowest BCUT2D eigenvalue weighted by atomic mass is 9.99. The van der Waals surface area contributed by atoms with Crippen LogP contribution in [-0.4, -0.2) is 17.0 Å². The lowest BCUT2D eigenvalue weighted by molar-refractivity contribution is -0.127. The van der Waals surface area contributed by atoms with Crippen LogP contribution in [0.2, 0.25) is 10.0 Å². The second kappa shape index (κ2) is 8.89. The van der Waals surface area contributed by atoms with Gasteiger partial charge in [-0.15, -0.1) is 0 Å². The molecular formula is C21H18Cl2N2O2. The van der Waals surface area contributed by atoms with Crippen LogP contribution in [0.15, 0.2) is 73.1 Å². The van der Waals surface area contributed by atoms with Crippen molar-refractivity contribution in [3.63, 3.8) is 0 Å². The quantitative estimate of drug-likeness (QED) is 0.628. The fraction of sp³-hybridized carbons (Fsp3) is 0.143. The Hall–Kier alpha value is -2.56. The Labute approximate surface area is 168 Å². The molecule has 1 heterocycles. The van der Waals surface area contributed by atoms with E-state index in [0.717, 1.165) is 11.1 Å². The molecule has 138 valence electrons. The van der Waals surface area contributed by atoms with Crippen LogP contribution in [0.3, 0.4) is 0 Å². The van der Waals surface area contributed by atoms with Crippen molar-refractivity contribution in [1.82, 2.24) is 10.3 Å². The summed E-state index contributed by atoms with van der Waals surface area (Å²) in [6.45, 7) is 1.69. The second-order valence-corrected chi connectivity index (χ2v) is 6.78. The third-order valence-corrected chi connectivity index (χ3v) is 4.77. The summed E-state index contributed by atoms with van der Waals surface area (Å²) >= 11 is 11.9. The van der Waals surface area contributed by atoms with E-state index in [2.05, 4.69) is 10.3 Å². The number of carbonyl (C=O) groups excluding carboxylic acids is 1. The van der Waals surface area contributed by atoms with Gasteiger partial charge in [0.1, 0.15) is 5.75 Å². The van der Waals surface area contributed by atoms with Crippen LogP contribution < -0.4 is 10.1 Å². The number of halogens is 2. The van der Waals surface area contributed by atoms with E-state index in [9.17, 15) is 4.79 Å². The van der Waals surface area contributed by atoms with Crippen LogP contribution in [0.4, 0.5) is 0 Å². The highest BCUT2D eigenvalue weighted by Gasteiger charge is 2.21. The predicted octanol–water partition coefficient (Wildman–Crippen LogP) is 5.06. The Bertz CT molecular complexity index is 865. The molecule has 2 aromatic carbocycles. The van der Waals surface area contributed by atoms with E-state index in [1.165, 1.54) is 0 Å². The van der Waals surface area contributed by atoms with Crippen molar-refractivity contribution in [2.24, 2.45) is 0 Å². The molecule has 1 aromatic heterocycles. The van der Waals surface area contributed by atoms with Crippen molar-refractivity contribution in [3.05, 3.63) is 94.2 Å². The first-order valence-electron chi connectivity index (χ1n) is 8.41. The lowest BCUT2D eigenvalue weighted by Gasteiger charge is -2.22. The number of rotatable bonds is 6. The molecular weight excluding hydrogens is 383 g/mol. The largest absolute Gasteiger partial charge is 0.481 e. The summed E-state index contributed by atoms with van der Waals surface area (Å²) in [6.07, 6.45) is 2.69. The average Bonchev–Trinajstić information content (AvgIpc) is 2.70. The van der Waals surface area contributed by atoms with Gasteiger partial charge < -0.3 is 10.1 Å². The van der Waals surface area contributed by atoms with E-state index in [4.69, 9.17) is 27.9 Å². The van der Waals surface area contributed by atoms with E-state index in [1.807, 2.05) is 42.5 Å². The van der Waals surface area contributed by atoms with Gasteiger partial charge in [0.15, 0.2) is 6.10 Å². The molecule has 3 rings (SSSR count). The number of hydrogen-bond donors (Lipinski definition) is 1. The van der Waals surface area contributed by atoms with Gasteiger partial charge in [0.2, 0.25) is 0 Å². The molecule has 0 saturated carbocycles. The number of hydrogen-bond acceptors (Lipinski definition) is 3. The normalized spacial score (nSPS) is 12.9. The SMILES string of the molecule is CC(Oc1ccc(Cl)c(Cl)c1)C(=O)NC(c1ccccc1)c1ccncc1. The van der Waals surface area contributed by atoms with Crippen LogP contribution in [0.25, 0.3) is 0 Å². The zero-order chi connectivity index (χ0) is 19.2. The minimum atomic E-state index is -0.713. The highest BCUT2D eigenvalue weighted by molar-refractivity contribution is 6.42. The third kappa shape index (κ3) is 5.00. The van der Waals surface area contributed by atoms with Gasteiger partial charge >= 0.3 is 0 Å². The molecule has 0 aliphatic carbocycles. The zero-order valence-electron chi connectivity index (χ0n) is 14.6. The van der Waals surface area contributed by atoms with Crippen molar-refractivity contribution in [2.45, 2.75) is 19.1 Å². The summed E-state index contributed by atoms with van der Waals surface area (Å²) in [5.74, 6) is 0.235. The van der Waals surface area contributed by atoms with Crippen LogP contribution in [0, 0.1) is 0 Å². The third-order valence-electron chi connectivity index (χ3n) is 4.03. The van der Waals surface area contributed by atoms with Crippen LogP contribution in [0.5, 0.6) is 5.75 Å². The number of amides is 1. The molecule has 0 aliphatic rings. The Kier molecular flexibility index (Phi) is 6.32. The fourth-order valence-electron chi connectivity index (χ4n) is 2.63. The van der Waals surface area contributed by atoms with Crippen molar-refractivity contribution in [3.8, 4) is 5.75 Å². The van der Waals surface area contributed by atoms with Gasteiger partial charge in [-0.2, -0.15) is 0 Å². The standard InChI is InChI=1S/C21H18Cl2N2O2/c1-14(27-17-7-8-18(22)19(23)13-17)21(26)25-20(15-5-3-2-4-6-15)16-9-11-24-12-10-16/h2-14,20H,1H3,(H,25,26). The maximum Gasteiger partial charge on any atom is 0.261 e. The number of pyridine rings is 1. The molecule has 0 radical (unpaired) electrons. The van der Waals surface area contributed by atoms with Gasteiger partial charge in [-0.1, -0.05) is 53.5 Å². The van der Waals surface area contributed by atoms with Crippen LogP contribution in [0.1, 0.15) is 24.1 Å². The summed E-state index contributed by atoms with van der Waals surface area (Å²) in [6, 6.07) is 18.1. The summed E-state index contributed by atoms with van der Waals surface area (Å²) in [5, 5.41) is 3.85. The summed E-state index contributed by atoms with van der Waals surface area (Å²) in [5.41, 5.74) is 1.91. The number of carbonyl (C=O) groups is 1. The topological polar surface area (TPSA) is 51.2 Å². The molecule has 1 N–H and O–H groups in total. The Morgan fingerprint density at radius 1 is 0.963 bits per heavy atom. The molecule has 6 heteroatoms. The molecule has 0 spiro atoms. The number of nitrogens with one attached hydrogen (secondary N) is 1. The molecule has 3 aromatic rings. The van der Waals surface area contributed by atoms with Crippen molar-refractivity contribution in [2.75, 3.05) is 0 Å². The fourth-order valence-corrected chi connectivity index (χ4v) is 2.92. The number of ether oxygens (including phenoxy) is 1. The minimum Gasteiger partial charge on any atom is -0.481 e. The van der Waals surface area contributed by atoms with Gasteiger partial charge in [0.25, 0.3) is 5.91 Å². The monoisotopic (exact) mass is 400 g/mol.